The van der Waals surface area contributed by atoms with Crippen LogP contribution >= 0.6 is 11.3 Å². The molecule has 5 nitrogen and oxygen atoms in total. The zero-order valence-corrected chi connectivity index (χ0v) is 15.0. The number of halogens is 2. The standard InChI is InChI=1S/C19H14F2N2O3S/c1-10-17(7-11-2-5-15-16(6-11)26-9-25-15)27-19(22-10)23-18(24)13-4-3-12(20)8-14(13)21/h2-6,8H,7,9H2,1H3,(H,22,23,24). The van der Waals surface area contributed by atoms with E-state index in [1.54, 1.807) is 0 Å². The van der Waals surface area contributed by atoms with E-state index >= 15 is 0 Å². The molecule has 0 spiro atoms. The highest BCUT2D eigenvalue weighted by Crippen LogP contribution is 2.34. The van der Waals surface area contributed by atoms with Crippen molar-refractivity contribution in [3.8, 4) is 11.5 Å². The second kappa shape index (κ2) is 6.96. The van der Waals surface area contributed by atoms with Gasteiger partial charge in [0.15, 0.2) is 16.6 Å². The van der Waals surface area contributed by atoms with Crippen LogP contribution in [0.3, 0.4) is 0 Å². The molecule has 0 fully saturated rings. The molecule has 0 radical (unpaired) electrons. The molecule has 0 saturated heterocycles. The molecule has 1 aliphatic rings. The Hall–Kier alpha value is -3.00. The predicted molar refractivity (Wildman–Crippen MR) is 96.5 cm³/mol. The number of anilines is 1. The number of carbonyl (C=O) groups excluding carboxylic acids is 1. The molecule has 1 N–H and O–H groups in total. The number of aromatic nitrogens is 1. The first-order valence-electron chi connectivity index (χ1n) is 8.11. The van der Waals surface area contributed by atoms with Crippen molar-refractivity contribution in [3.05, 3.63) is 69.7 Å². The van der Waals surface area contributed by atoms with Gasteiger partial charge in [-0.05, 0) is 36.8 Å². The highest BCUT2D eigenvalue weighted by atomic mass is 32.1. The summed E-state index contributed by atoms with van der Waals surface area (Å²) in [5, 5.41) is 2.93. The molecule has 3 aromatic rings. The van der Waals surface area contributed by atoms with Gasteiger partial charge < -0.3 is 9.47 Å². The first-order chi connectivity index (χ1) is 13.0. The minimum atomic E-state index is -0.915. The Morgan fingerprint density at radius 1 is 1.19 bits per heavy atom. The molecule has 0 unspecified atom stereocenters. The van der Waals surface area contributed by atoms with Crippen molar-refractivity contribution in [2.75, 3.05) is 12.1 Å². The average Bonchev–Trinajstić information content (AvgIpc) is 3.21. The van der Waals surface area contributed by atoms with Gasteiger partial charge in [0, 0.05) is 17.4 Å². The van der Waals surface area contributed by atoms with Crippen LogP contribution in [0.5, 0.6) is 11.5 Å². The maximum atomic E-state index is 13.7. The Morgan fingerprint density at radius 2 is 2.00 bits per heavy atom. The van der Waals surface area contributed by atoms with E-state index in [-0.39, 0.29) is 12.4 Å². The van der Waals surface area contributed by atoms with Gasteiger partial charge in [-0.1, -0.05) is 6.07 Å². The van der Waals surface area contributed by atoms with Crippen LogP contribution in [0.2, 0.25) is 0 Å². The maximum Gasteiger partial charge on any atom is 0.260 e. The number of aryl methyl sites for hydroxylation is 1. The molecule has 1 aromatic heterocycles. The quantitative estimate of drug-likeness (QED) is 0.724. The number of fused-ring (bicyclic) bond motifs is 1. The number of hydrogen-bond donors (Lipinski definition) is 1. The number of carbonyl (C=O) groups is 1. The molecule has 1 aliphatic heterocycles. The molecular weight excluding hydrogens is 374 g/mol. The van der Waals surface area contributed by atoms with Gasteiger partial charge in [-0.15, -0.1) is 11.3 Å². The molecule has 1 amide bonds. The summed E-state index contributed by atoms with van der Waals surface area (Å²) in [6.45, 7) is 2.06. The topological polar surface area (TPSA) is 60.5 Å². The molecule has 2 heterocycles. The molecule has 0 saturated carbocycles. The summed E-state index contributed by atoms with van der Waals surface area (Å²) in [6, 6.07) is 8.53. The SMILES string of the molecule is Cc1nc(NC(=O)c2ccc(F)cc2F)sc1Cc1ccc2c(c1)OCO2. The number of hydrogen-bond acceptors (Lipinski definition) is 5. The molecule has 0 atom stereocenters. The van der Waals surface area contributed by atoms with E-state index in [9.17, 15) is 13.6 Å². The van der Waals surface area contributed by atoms with Crippen LogP contribution in [0.15, 0.2) is 36.4 Å². The smallest absolute Gasteiger partial charge is 0.260 e. The average molecular weight is 388 g/mol. The van der Waals surface area contributed by atoms with Crippen LogP contribution in [0.25, 0.3) is 0 Å². The molecule has 0 aliphatic carbocycles. The Balaban J connectivity index is 1.50. The van der Waals surface area contributed by atoms with E-state index in [4.69, 9.17) is 9.47 Å². The molecule has 27 heavy (non-hydrogen) atoms. The van der Waals surface area contributed by atoms with Gasteiger partial charge in [0.05, 0.1) is 11.3 Å². The van der Waals surface area contributed by atoms with Crippen molar-refractivity contribution in [1.29, 1.82) is 0 Å². The molecule has 138 valence electrons. The largest absolute Gasteiger partial charge is 0.454 e. The highest BCUT2D eigenvalue weighted by Gasteiger charge is 2.17. The lowest BCUT2D eigenvalue weighted by Gasteiger charge is -2.03. The lowest BCUT2D eigenvalue weighted by molar-refractivity contribution is 0.102. The monoisotopic (exact) mass is 388 g/mol. The van der Waals surface area contributed by atoms with Gasteiger partial charge in [-0.2, -0.15) is 0 Å². The predicted octanol–water partition coefficient (Wildman–Crippen LogP) is 4.30. The third kappa shape index (κ3) is 3.61. The second-order valence-corrected chi connectivity index (χ2v) is 7.05. The third-order valence-corrected chi connectivity index (χ3v) is 5.16. The molecular formula is C19H14F2N2O3S. The Kier molecular flexibility index (Phi) is 4.49. The van der Waals surface area contributed by atoms with Crippen LogP contribution in [0.4, 0.5) is 13.9 Å². The van der Waals surface area contributed by atoms with Crippen LogP contribution in [0, 0.1) is 18.6 Å². The Morgan fingerprint density at radius 3 is 2.81 bits per heavy atom. The van der Waals surface area contributed by atoms with Crippen molar-refractivity contribution in [3.63, 3.8) is 0 Å². The number of amides is 1. The summed E-state index contributed by atoms with van der Waals surface area (Å²) in [4.78, 5) is 17.5. The fourth-order valence-corrected chi connectivity index (χ4v) is 3.71. The number of rotatable bonds is 4. The van der Waals surface area contributed by atoms with E-state index in [2.05, 4.69) is 10.3 Å². The van der Waals surface area contributed by atoms with E-state index in [0.717, 1.165) is 28.3 Å². The lowest BCUT2D eigenvalue weighted by Crippen LogP contribution is -2.13. The number of thiazole rings is 1. The molecule has 8 heteroatoms. The third-order valence-electron chi connectivity index (χ3n) is 4.09. The Bertz CT molecular complexity index is 1040. The van der Waals surface area contributed by atoms with Crippen LogP contribution in [-0.4, -0.2) is 17.7 Å². The first kappa shape index (κ1) is 17.4. The second-order valence-electron chi connectivity index (χ2n) is 5.97. The van der Waals surface area contributed by atoms with Crippen LogP contribution in [-0.2, 0) is 6.42 Å². The van der Waals surface area contributed by atoms with Crippen molar-refractivity contribution >= 4 is 22.4 Å². The highest BCUT2D eigenvalue weighted by molar-refractivity contribution is 7.15. The van der Waals surface area contributed by atoms with Gasteiger partial charge in [0.1, 0.15) is 11.6 Å². The van der Waals surface area contributed by atoms with E-state index in [1.807, 2.05) is 25.1 Å². The van der Waals surface area contributed by atoms with Crippen molar-refractivity contribution in [2.45, 2.75) is 13.3 Å². The fraction of sp³-hybridized carbons (Fsp3) is 0.158. The number of nitrogens with zero attached hydrogens (tertiary/aromatic N) is 1. The summed E-state index contributed by atoms with van der Waals surface area (Å²) >= 11 is 1.31. The number of benzene rings is 2. The summed E-state index contributed by atoms with van der Waals surface area (Å²) < 4.78 is 37.4. The van der Waals surface area contributed by atoms with E-state index in [0.29, 0.717) is 29.1 Å². The van der Waals surface area contributed by atoms with Crippen molar-refractivity contribution < 1.29 is 23.0 Å². The van der Waals surface area contributed by atoms with Crippen molar-refractivity contribution in [1.82, 2.24) is 4.98 Å². The fourth-order valence-electron chi connectivity index (χ4n) is 2.72. The van der Waals surface area contributed by atoms with Gasteiger partial charge in [0.2, 0.25) is 6.79 Å². The van der Waals surface area contributed by atoms with Gasteiger partial charge in [0.25, 0.3) is 5.91 Å². The minimum absolute atomic E-state index is 0.217. The lowest BCUT2D eigenvalue weighted by atomic mass is 10.1. The van der Waals surface area contributed by atoms with Gasteiger partial charge >= 0.3 is 0 Å². The van der Waals surface area contributed by atoms with Crippen LogP contribution in [0.1, 0.15) is 26.5 Å². The molecule has 0 bridgehead atoms. The van der Waals surface area contributed by atoms with Crippen molar-refractivity contribution in [2.24, 2.45) is 0 Å². The van der Waals surface area contributed by atoms with Gasteiger partial charge in [-0.25, -0.2) is 13.8 Å². The zero-order chi connectivity index (χ0) is 19.0. The van der Waals surface area contributed by atoms with E-state index in [1.165, 1.54) is 11.3 Å². The first-order valence-corrected chi connectivity index (χ1v) is 8.92. The molecule has 2 aromatic carbocycles. The maximum absolute atomic E-state index is 13.7. The molecule has 4 rings (SSSR count). The normalized spacial score (nSPS) is 12.3. The number of nitrogens with one attached hydrogen (secondary N) is 1. The van der Waals surface area contributed by atoms with E-state index < -0.39 is 17.5 Å². The summed E-state index contributed by atoms with van der Waals surface area (Å²) in [7, 11) is 0. The zero-order valence-electron chi connectivity index (χ0n) is 14.2. The van der Waals surface area contributed by atoms with Gasteiger partial charge in [-0.3, -0.25) is 10.1 Å². The summed E-state index contributed by atoms with van der Waals surface area (Å²) in [5.41, 5.74) is 1.56. The summed E-state index contributed by atoms with van der Waals surface area (Å²) in [5.74, 6) is -0.901. The Labute approximate surface area is 157 Å². The summed E-state index contributed by atoms with van der Waals surface area (Å²) in [6.07, 6.45) is 0.612. The minimum Gasteiger partial charge on any atom is -0.454 e. The van der Waals surface area contributed by atoms with Crippen LogP contribution < -0.4 is 14.8 Å². The number of ether oxygens (including phenoxy) is 2.